The van der Waals surface area contributed by atoms with E-state index in [-0.39, 0.29) is 18.9 Å². The summed E-state index contributed by atoms with van der Waals surface area (Å²) in [7, 11) is 0. The number of phenolic OH excluding ortho intramolecular Hbond substituents is 1. The summed E-state index contributed by atoms with van der Waals surface area (Å²) in [4.78, 5) is 11.4. The van der Waals surface area contributed by atoms with Crippen LogP contribution in [0.25, 0.3) is 0 Å². The highest BCUT2D eigenvalue weighted by Crippen LogP contribution is 2.08. The summed E-state index contributed by atoms with van der Waals surface area (Å²) in [6.07, 6.45) is -0.501. The molecule has 2 rings (SSSR count). The maximum Gasteiger partial charge on any atom is 0.408 e. The smallest absolute Gasteiger partial charge is 0.408 e. The van der Waals surface area contributed by atoms with E-state index in [2.05, 4.69) is 17.2 Å². The van der Waals surface area contributed by atoms with E-state index in [1.54, 1.807) is 24.3 Å². The molecule has 0 aromatic heterocycles. The molecule has 0 bridgehead atoms. The molecule has 4 heteroatoms. The Bertz CT molecular complexity index is 639. The topological polar surface area (TPSA) is 58.6 Å². The van der Waals surface area contributed by atoms with Crippen molar-refractivity contribution < 1.29 is 14.6 Å². The molecular weight excluding hydrogens is 266 g/mol. The first kappa shape index (κ1) is 14.5. The number of hydrogen-bond acceptors (Lipinski definition) is 3. The number of hydrogen-bond donors (Lipinski definition) is 2. The SMILES string of the molecule is O=C(NCC#Cc1ccc(O)cc1)OCc1ccccc1. The fraction of sp³-hybridized carbons (Fsp3) is 0.118. The Morgan fingerprint density at radius 1 is 1.10 bits per heavy atom. The molecule has 0 saturated carbocycles. The predicted octanol–water partition coefficient (Wildman–Crippen LogP) is 2.67. The zero-order valence-corrected chi connectivity index (χ0v) is 11.4. The van der Waals surface area contributed by atoms with Gasteiger partial charge in [-0.2, -0.15) is 0 Å². The Hall–Kier alpha value is -2.93. The largest absolute Gasteiger partial charge is 0.508 e. The van der Waals surface area contributed by atoms with E-state index in [9.17, 15) is 4.79 Å². The molecule has 0 unspecified atom stereocenters. The lowest BCUT2D eigenvalue weighted by atomic mass is 10.2. The van der Waals surface area contributed by atoms with Crippen molar-refractivity contribution in [1.82, 2.24) is 5.32 Å². The minimum absolute atomic E-state index is 0.197. The fourth-order valence-corrected chi connectivity index (χ4v) is 1.58. The highest BCUT2D eigenvalue weighted by Gasteiger charge is 1.99. The number of aromatic hydroxyl groups is 1. The van der Waals surface area contributed by atoms with E-state index in [0.717, 1.165) is 11.1 Å². The third-order valence-corrected chi connectivity index (χ3v) is 2.63. The van der Waals surface area contributed by atoms with Crippen molar-refractivity contribution in [2.75, 3.05) is 6.54 Å². The Labute approximate surface area is 123 Å². The van der Waals surface area contributed by atoms with Crippen molar-refractivity contribution in [2.24, 2.45) is 0 Å². The molecule has 0 heterocycles. The second-order valence-electron chi connectivity index (χ2n) is 4.26. The van der Waals surface area contributed by atoms with Crippen molar-refractivity contribution in [3.8, 4) is 17.6 Å². The molecule has 2 aromatic rings. The summed E-state index contributed by atoms with van der Waals surface area (Å²) in [6.45, 7) is 0.437. The first-order valence-corrected chi connectivity index (χ1v) is 6.46. The van der Waals surface area contributed by atoms with Gasteiger partial charge in [-0.15, -0.1) is 0 Å². The van der Waals surface area contributed by atoms with Gasteiger partial charge in [0, 0.05) is 5.56 Å². The van der Waals surface area contributed by atoms with Gasteiger partial charge in [0.2, 0.25) is 0 Å². The molecule has 106 valence electrons. The van der Waals surface area contributed by atoms with Crippen molar-refractivity contribution in [3.05, 3.63) is 65.7 Å². The van der Waals surface area contributed by atoms with Gasteiger partial charge in [0.05, 0.1) is 6.54 Å². The first-order valence-electron chi connectivity index (χ1n) is 6.46. The molecule has 0 spiro atoms. The first-order chi connectivity index (χ1) is 10.2. The Balaban J connectivity index is 1.71. The predicted molar refractivity (Wildman–Crippen MR) is 79.6 cm³/mol. The number of rotatable bonds is 3. The fourth-order valence-electron chi connectivity index (χ4n) is 1.58. The lowest BCUT2D eigenvalue weighted by Gasteiger charge is -2.04. The standard InChI is InChI=1S/C17H15NO3/c19-16-10-8-14(9-11-16)7-4-12-18-17(20)21-13-15-5-2-1-3-6-15/h1-3,5-6,8-11,19H,12-13H2,(H,18,20). The van der Waals surface area contributed by atoms with Crippen LogP contribution in [0.15, 0.2) is 54.6 Å². The van der Waals surface area contributed by atoms with Crippen LogP contribution < -0.4 is 5.32 Å². The molecule has 4 nitrogen and oxygen atoms in total. The molecular formula is C17H15NO3. The molecule has 0 aliphatic rings. The molecule has 0 aliphatic heterocycles. The minimum Gasteiger partial charge on any atom is -0.508 e. The molecule has 0 atom stereocenters. The van der Waals surface area contributed by atoms with E-state index in [0.29, 0.717) is 0 Å². The van der Waals surface area contributed by atoms with Gasteiger partial charge in [-0.05, 0) is 29.8 Å². The highest BCUT2D eigenvalue weighted by molar-refractivity contribution is 5.67. The number of alkyl carbamates (subject to hydrolysis) is 1. The normalized spacial score (nSPS) is 9.33. The van der Waals surface area contributed by atoms with Crippen LogP contribution in [0.5, 0.6) is 5.75 Å². The zero-order chi connectivity index (χ0) is 14.9. The van der Waals surface area contributed by atoms with Crippen LogP contribution in [0, 0.1) is 11.8 Å². The van der Waals surface area contributed by atoms with E-state index < -0.39 is 6.09 Å². The van der Waals surface area contributed by atoms with Gasteiger partial charge < -0.3 is 15.2 Å². The van der Waals surface area contributed by atoms with E-state index in [1.165, 1.54) is 0 Å². The highest BCUT2D eigenvalue weighted by atomic mass is 16.5. The number of ether oxygens (including phenoxy) is 1. The molecule has 2 N–H and O–H groups in total. The molecule has 0 radical (unpaired) electrons. The Morgan fingerprint density at radius 2 is 1.81 bits per heavy atom. The second-order valence-corrected chi connectivity index (χ2v) is 4.26. The molecule has 0 fully saturated rings. The third kappa shape index (κ3) is 5.29. The zero-order valence-electron chi connectivity index (χ0n) is 11.4. The summed E-state index contributed by atoms with van der Waals surface area (Å²) < 4.78 is 5.05. The summed E-state index contributed by atoms with van der Waals surface area (Å²) >= 11 is 0. The van der Waals surface area contributed by atoms with Gasteiger partial charge in [-0.1, -0.05) is 42.2 Å². The number of phenols is 1. The molecule has 0 aliphatic carbocycles. The van der Waals surface area contributed by atoms with Crippen LogP contribution in [-0.4, -0.2) is 17.7 Å². The van der Waals surface area contributed by atoms with Gasteiger partial charge in [0.15, 0.2) is 0 Å². The van der Waals surface area contributed by atoms with Crippen LogP contribution in [0.1, 0.15) is 11.1 Å². The summed E-state index contributed by atoms with van der Waals surface area (Å²) in [6, 6.07) is 16.0. The van der Waals surface area contributed by atoms with Crippen molar-refractivity contribution >= 4 is 6.09 Å². The van der Waals surface area contributed by atoms with Crippen LogP contribution >= 0.6 is 0 Å². The molecule has 0 saturated heterocycles. The van der Waals surface area contributed by atoms with E-state index >= 15 is 0 Å². The number of carbonyl (C=O) groups excluding carboxylic acids is 1. The van der Waals surface area contributed by atoms with Gasteiger partial charge in [-0.25, -0.2) is 4.79 Å². The third-order valence-electron chi connectivity index (χ3n) is 2.63. The van der Waals surface area contributed by atoms with Crippen LogP contribution in [-0.2, 0) is 11.3 Å². The molecule has 1 amide bonds. The lowest BCUT2D eigenvalue weighted by molar-refractivity contribution is 0.141. The van der Waals surface area contributed by atoms with Gasteiger partial charge in [0.1, 0.15) is 12.4 Å². The lowest BCUT2D eigenvalue weighted by Crippen LogP contribution is -2.24. The maximum atomic E-state index is 11.4. The second kappa shape index (κ2) is 7.61. The van der Waals surface area contributed by atoms with Gasteiger partial charge in [0.25, 0.3) is 0 Å². The van der Waals surface area contributed by atoms with E-state index in [4.69, 9.17) is 9.84 Å². The summed E-state index contributed by atoms with van der Waals surface area (Å²) in [5.41, 5.74) is 1.70. The minimum atomic E-state index is -0.501. The Kier molecular flexibility index (Phi) is 5.25. The monoisotopic (exact) mass is 281 g/mol. The average molecular weight is 281 g/mol. The molecule has 2 aromatic carbocycles. The number of carbonyl (C=O) groups is 1. The van der Waals surface area contributed by atoms with Gasteiger partial charge >= 0.3 is 6.09 Å². The van der Waals surface area contributed by atoms with Crippen molar-refractivity contribution in [1.29, 1.82) is 0 Å². The van der Waals surface area contributed by atoms with Crippen molar-refractivity contribution in [3.63, 3.8) is 0 Å². The summed E-state index contributed by atoms with van der Waals surface area (Å²) in [5, 5.41) is 11.7. The van der Waals surface area contributed by atoms with Crippen LogP contribution in [0.4, 0.5) is 4.79 Å². The Morgan fingerprint density at radius 3 is 2.52 bits per heavy atom. The molecule has 21 heavy (non-hydrogen) atoms. The number of benzene rings is 2. The summed E-state index contributed by atoms with van der Waals surface area (Å²) in [5.74, 6) is 5.87. The average Bonchev–Trinajstić information content (AvgIpc) is 2.52. The van der Waals surface area contributed by atoms with E-state index in [1.807, 2.05) is 30.3 Å². The quantitative estimate of drug-likeness (QED) is 0.850. The van der Waals surface area contributed by atoms with Crippen molar-refractivity contribution in [2.45, 2.75) is 6.61 Å². The van der Waals surface area contributed by atoms with Gasteiger partial charge in [-0.3, -0.25) is 0 Å². The maximum absolute atomic E-state index is 11.4. The number of amides is 1. The number of nitrogens with one attached hydrogen (secondary N) is 1. The van der Waals surface area contributed by atoms with Crippen LogP contribution in [0.2, 0.25) is 0 Å². The van der Waals surface area contributed by atoms with Crippen LogP contribution in [0.3, 0.4) is 0 Å².